The fourth-order valence-corrected chi connectivity index (χ4v) is 4.26. The summed E-state index contributed by atoms with van der Waals surface area (Å²) in [6.45, 7) is 3.98. The quantitative estimate of drug-likeness (QED) is 0.365. The first-order chi connectivity index (χ1) is 14.5. The maximum Gasteiger partial charge on any atom is 0.339 e. The van der Waals surface area contributed by atoms with Crippen LogP contribution in [-0.2, 0) is 24.2 Å². The van der Waals surface area contributed by atoms with Gasteiger partial charge >= 0.3 is 11.6 Å². The monoisotopic (exact) mass is 399 g/mol. The van der Waals surface area contributed by atoms with Gasteiger partial charge in [0.15, 0.2) is 0 Å². The fraction of sp³-hybridized carbons (Fsp3) is 0.240. The van der Waals surface area contributed by atoms with Gasteiger partial charge in [-0.2, -0.15) is 0 Å². The second-order valence-electron chi connectivity index (χ2n) is 7.88. The number of nitrogens with zero attached hydrogens (tertiary/aromatic N) is 1. The minimum atomic E-state index is -0.452. The number of benzene rings is 2. The highest BCUT2D eigenvalue weighted by Crippen LogP contribution is 2.31. The van der Waals surface area contributed by atoms with Crippen molar-refractivity contribution in [3.8, 4) is 0 Å². The number of carbonyl (C=O) groups is 1. The molecular weight excluding hydrogens is 378 g/mol. The Labute approximate surface area is 173 Å². The fourth-order valence-electron chi connectivity index (χ4n) is 4.26. The first-order valence-electron chi connectivity index (χ1n) is 10.1. The lowest BCUT2D eigenvalue weighted by Gasteiger charge is -2.13. The summed E-state index contributed by atoms with van der Waals surface area (Å²) in [6.07, 6.45) is 2.69. The third kappa shape index (κ3) is 3.07. The Kier molecular flexibility index (Phi) is 4.39. The highest BCUT2D eigenvalue weighted by Gasteiger charge is 2.25. The molecule has 5 nitrogen and oxygen atoms in total. The second kappa shape index (κ2) is 7.10. The van der Waals surface area contributed by atoms with E-state index in [1.54, 1.807) is 0 Å². The first kappa shape index (κ1) is 18.6. The van der Waals surface area contributed by atoms with Crippen molar-refractivity contribution in [1.29, 1.82) is 0 Å². The van der Waals surface area contributed by atoms with Crippen molar-refractivity contribution in [3.63, 3.8) is 0 Å². The predicted molar refractivity (Wildman–Crippen MR) is 115 cm³/mol. The molecule has 0 atom stereocenters. The number of carbonyl (C=O) groups excluding carboxylic acids is 1. The summed E-state index contributed by atoms with van der Waals surface area (Å²) in [5.74, 6) is -0.378. The number of rotatable bonds is 3. The number of hydrogen-bond donors (Lipinski definition) is 0. The van der Waals surface area contributed by atoms with E-state index < -0.39 is 5.63 Å². The van der Waals surface area contributed by atoms with E-state index in [0.29, 0.717) is 16.7 Å². The lowest BCUT2D eigenvalue weighted by Crippen LogP contribution is -2.12. The van der Waals surface area contributed by atoms with Crippen molar-refractivity contribution in [3.05, 3.63) is 86.4 Å². The van der Waals surface area contributed by atoms with E-state index >= 15 is 0 Å². The molecule has 0 saturated heterocycles. The Bertz CT molecular complexity index is 1380. The van der Waals surface area contributed by atoms with Crippen molar-refractivity contribution < 1.29 is 13.9 Å². The molecule has 5 heteroatoms. The number of aromatic nitrogens is 1. The summed E-state index contributed by atoms with van der Waals surface area (Å²) in [4.78, 5) is 29.9. The van der Waals surface area contributed by atoms with Gasteiger partial charge in [-0.3, -0.25) is 4.98 Å². The van der Waals surface area contributed by atoms with Gasteiger partial charge in [-0.1, -0.05) is 18.2 Å². The number of fused-ring (bicyclic) bond motifs is 3. The molecule has 1 aliphatic rings. The summed E-state index contributed by atoms with van der Waals surface area (Å²) in [7, 11) is 0. The van der Waals surface area contributed by atoms with Gasteiger partial charge < -0.3 is 9.15 Å². The SMILES string of the molecule is Cc1cc2oc(=O)cc(COC(=O)c3c4c(nc5ccccc35)CCC4)c2cc1C. The van der Waals surface area contributed by atoms with Gasteiger partial charge in [0.1, 0.15) is 12.2 Å². The van der Waals surface area contributed by atoms with Gasteiger partial charge in [0.2, 0.25) is 0 Å². The van der Waals surface area contributed by atoms with Crippen molar-refractivity contribution in [2.75, 3.05) is 0 Å². The maximum absolute atomic E-state index is 13.2. The molecule has 0 aliphatic heterocycles. The third-order valence-electron chi connectivity index (χ3n) is 5.93. The topological polar surface area (TPSA) is 69.4 Å². The minimum absolute atomic E-state index is 0.00879. The lowest BCUT2D eigenvalue weighted by molar-refractivity contribution is 0.0475. The Morgan fingerprint density at radius 2 is 1.87 bits per heavy atom. The number of pyridine rings is 1. The van der Waals surface area contributed by atoms with Gasteiger partial charge in [0, 0.05) is 28.1 Å². The molecule has 0 bridgehead atoms. The molecule has 0 saturated carbocycles. The average Bonchev–Trinajstić information content (AvgIpc) is 3.19. The number of hydrogen-bond acceptors (Lipinski definition) is 5. The van der Waals surface area contributed by atoms with Crippen molar-refractivity contribution in [1.82, 2.24) is 4.98 Å². The van der Waals surface area contributed by atoms with Crippen LogP contribution >= 0.6 is 0 Å². The molecule has 0 N–H and O–H groups in total. The van der Waals surface area contributed by atoms with E-state index in [0.717, 1.165) is 57.9 Å². The molecule has 1 aliphatic carbocycles. The molecule has 2 aromatic carbocycles. The predicted octanol–water partition coefficient (Wildman–Crippen LogP) is 4.80. The van der Waals surface area contributed by atoms with Crippen LogP contribution in [0.25, 0.3) is 21.9 Å². The van der Waals surface area contributed by atoms with Crippen LogP contribution in [0.15, 0.2) is 51.7 Å². The first-order valence-corrected chi connectivity index (χ1v) is 10.1. The van der Waals surface area contributed by atoms with E-state index in [-0.39, 0.29) is 12.6 Å². The Balaban J connectivity index is 1.54. The molecule has 2 aromatic heterocycles. The number of esters is 1. The van der Waals surface area contributed by atoms with Gasteiger partial charge in [-0.15, -0.1) is 0 Å². The zero-order valence-electron chi connectivity index (χ0n) is 17.0. The van der Waals surface area contributed by atoms with Crippen LogP contribution in [0.3, 0.4) is 0 Å². The normalized spacial score (nSPS) is 13.0. The van der Waals surface area contributed by atoms with E-state index in [1.165, 1.54) is 6.07 Å². The third-order valence-corrected chi connectivity index (χ3v) is 5.93. The van der Waals surface area contributed by atoms with Crippen LogP contribution in [0.5, 0.6) is 0 Å². The van der Waals surface area contributed by atoms with Gasteiger partial charge in [0.05, 0.1) is 11.1 Å². The zero-order valence-corrected chi connectivity index (χ0v) is 17.0. The summed E-state index contributed by atoms with van der Waals surface area (Å²) in [5.41, 5.74) is 6.21. The van der Waals surface area contributed by atoms with Gasteiger partial charge in [0.25, 0.3) is 0 Å². The molecule has 0 fully saturated rings. The molecule has 0 spiro atoms. The van der Waals surface area contributed by atoms with Crippen molar-refractivity contribution in [2.24, 2.45) is 0 Å². The Morgan fingerprint density at radius 3 is 2.73 bits per heavy atom. The summed E-state index contributed by atoms with van der Waals surface area (Å²) < 4.78 is 11.1. The molecule has 2 heterocycles. The van der Waals surface area contributed by atoms with Crippen LogP contribution in [-0.4, -0.2) is 11.0 Å². The van der Waals surface area contributed by atoms with Crippen LogP contribution < -0.4 is 5.63 Å². The molecule has 30 heavy (non-hydrogen) atoms. The molecule has 150 valence electrons. The summed E-state index contributed by atoms with van der Waals surface area (Å²) in [6, 6.07) is 12.9. The molecule has 5 rings (SSSR count). The molecule has 0 amide bonds. The summed E-state index contributed by atoms with van der Waals surface area (Å²) >= 11 is 0. The van der Waals surface area contributed by atoms with Crippen molar-refractivity contribution in [2.45, 2.75) is 39.7 Å². The molecule has 4 aromatic rings. The lowest BCUT2D eigenvalue weighted by atomic mass is 10.0. The Morgan fingerprint density at radius 1 is 1.07 bits per heavy atom. The number of aryl methyl sites for hydroxylation is 3. The van der Waals surface area contributed by atoms with E-state index in [9.17, 15) is 9.59 Å². The van der Waals surface area contributed by atoms with Gasteiger partial charge in [-0.05, 0) is 68.0 Å². The highest BCUT2D eigenvalue weighted by atomic mass is 16.5. The molecule has 0 unspecified atom stereocenters. The van der Waals surface area contributed by atoms with Crippen LogP contribution in [0, 0.1) is 13.8 Å². The minimum Gasteiger partial charge on any atom is -0.457 e. The zero-order chi connectivity index (χ0) is 20.8. The summed E-state index contributed by atoms with van der Waals surface area (Å²) in [5, 5.41) is 1.60. The number of para-hydroxylation sites is 1. The maximum atomic E-state index is 13.2. The largest absolute Gasteiger partial charge is 0.457 e. The average molecular weight is 399 g/mol. The van der Waals surface area contributed by atoms with Crippen LogP contribution in [0.2, 0.25) is 0 Å². The highest BCUT2D eigenvalue weighted by molar-refractivity contribution is 6.05. The van der Waals surface area contributed by atoms with E-state index in [1.807, 2.05) is 50.2 Å². The van der Waals surface area contributed by atoms with E-state index in [2.05, 4.69) is 0 Å². The molecular formula is C25H21NO4. The van der Waals surface area contributed by atoms with Gasteiger partial charge in [-0.25, -0.2) is 9.59 Å². The van der Waals surface area contributed by atoms with E-state index in [4.69, 9.17) is 14.1 Å². The van der Waals surface area contributed by atoms with Crippen LogP contribution in [0.1, 0.15) is 44.7 Å². The van der Waals surface area contributed by atoms with Crippen LogP contribution in [0.4, 0.5) is 0 Å². The second-order valence-corrected chi connectivity index (χ2v) is 7.88. The van der Waals surface area contributed by atoms with Crippen molar-refractivity contribution >= 4 is 27.8 Å². The standard InChI is InChI=1S/C25H21NO4/c1-14-10-19-16(12-23(27)30-22(19)11-15(14)2)13-29-25(28)24-17-6-3-4-8-20(17)26-21-9-5-7-18(21)24/h3-4,6,8,10-12H,5,7,9,13H2,1-2H3. The number of ether oxygens (including phenoxy) is 1. The smallest absolute Gasteiger partial charge is 0.339 e. The molecule has 0 radical (unpaired) electrons. The Hall–Kier alpha value is -3.47.